The van der Waals surface area contributed by atoms with Gasteiger partial charge >= 0.3 is 0 Å². The lowest BCUT2D eigenvalue weighted by molar-refractivity contribution is -0.144. The molecule has 20 heavy (non-hydrogen) atoms. The van der Waals surface area contributed by atoms with E-state index in [1.54, 1.807) is 9.80 Å². The summed E-state index contributed by atoms with van der Waals surface area (Å²) in [5.74, 6) is 0.155. The third-order valence-corrected chi connectivity index (χ3v) is 4.32. The fraction of sp³-hybridized carbons (Fsp3) is 0.500. The van der Waals surface area contributed by atoms with Gasteiger partial charge in [0.1, 0.15) is 12.6 Å². The van der Waals surface area contributed by atoms with Crippen molar-refractivity contribution in [3.8, 4) is 0 Å². The SMILES string of the molecule is CCc1ccc(N2CC(=O)N3CCCCC3C2=O)cc1. The summed E-state index contributed by atoms with van der Waals surface area (Å²) in [5.41, 5.74) is 2.08. The lowest BCUT2D eigenvalue weighted by Gasteiger charge is -2.42. The van der Waals surface area contributed by atoms with Crippen molar-refractivity contribution < 1.29 is 9.59 Å². The van der Waals surface area contributed by atoms with E-state index in [-0.39, 0.29) is 24.4 Å². The molecule has 0 radical (unpaired) electrons. The summed E-state index contributed by atoms with van der Waals surface area (Å²) in [6, 6.07) is 7.71. The minimum atomic E-state index is -0.240. The van der Waals surface area contributed by atoms with Crippen LogP contribution in [-0.2, 0) is 16.0 Å². The predicted octanol–water partition coefficient (Wildman–Crippen LogP) is 1.98. The zero-order chi connectivity index (χ0) is 14.1. The highest BCUT2D eigenvalue weighted by Crippen LogP contribution is 2.27. The number of fused-ring (bicyclic) bond motifs is 1. The van der Waals surface area contributed by atoms with Crippen molar-refractivity contribution in [1.82, 2.24) is 4.90 Å². The van der Waals surface area contributed by atoms with Gasteiger partial charge in [0.05, 0.1) is 0 Å². The highest BCUT2D eigenvalue weighted by Gasteiger charge is 2.40. The normalized spacial score (nSPS) is 22.9. The summed E-state index contributed by atoms with van der Waals surface area (Å²) >= 11 is 0. The van der Waals surface area contributed by atoms with Crippen LogP contribution in [0.2, 0.25) is 0 Å². The molecular formula is C16H20N2O2. The molecule has 0 bridgehead atoms. The predicted molar refractivity (Wildman–Crippen MR) is 77.5 cm³/mol. The van der Waals surface area contributed by atoms with Crippen molar-refractivity contribution in [2.24, 2.45) is 0 Å². The summed E-state index contributed by atoms with van der Waals surface area (Å²) in [5, 5.41) is 0. The molecule has 4 nitrogen and oxygen atoms in total. The van der Waals surface area contributed by atoms with Gasteiger partial charge in [-0.15, -0.1) is 0 Å². The maximum Gasteiger partial charge on any atom is 0.250 e. The van der Waals surface area contributed by atoms with Crippen molar-refractivity contribution in [2.45, 2.75) is 38.6 Å². The van der Waals surface area contributed by atoms with Gasteiger partial charge in [-0.2, -0.15) is 0 Å². The van der Waals surface area contributed by atoms with E-state index in [4.69, 9.17) is 0 Å². The lowest BCUT2D eigenvalue weighted by atomic mass is 9.98. The number of benzene rings is 1. The number of carbonyl (C=O) groups excluding carboxylic acids is 2. The maximum absolute atomic E-state index is 12.6. The Morgan fingerprint density at radius 3 is 2.60 bits per heavy atom. The van der Waals surface area contributed by atoms with E-state index in [0.717, 1.165) is 37.9 Å². The molecule has 1 aromatic rings. The molecule has 2 aliphatic rings. The summed E-state index contributed by atoms with van der Waals surface area (Å²) in [6.45, 7) is 3.02. The zero-order valence-corrected chi connectivity index (χ0v) is 11.8. The minimum absolute atomic E-state index is 0.0774. The Morgan fingerprint density at radius 1 is 1.15 bits per heavy atom. The van der Waals surface area contributed by atoms with E-state index >= 15 is 0 Å². The van der Waals surface area contributed by atoms with Gasteiger partial charge in [-0.25, -0.2) is 0 Å². The highest BCUT2D eigenvalue weighted by atomic mass is 16.2. The number of hydrogen-bond acceptors (Lipinski definition) is 2. The van der Waals surface area contributed by atoms with Crippen LogP contribution >= 0.6 is 0 Å². The van der Waals surface area contributed by atoms with Crippen molar-refractivity contribution >= 4 is 17.5 Å². The first-order valence-corrected chi connectivity index (χ1v) is 7.40. The van der Waals surface area contributed by atoms with Crippen molar-refractivity contribution in [1.29, 1.82) is 0 Å². The molecule has 2 aliphatic heterocycles. The standard InChI is InChI=1S/C16H20N2O2/c1-2-12-6-8-13(9-7-12)18-11-15(19)17-10-4-3-5-14(17)16(18)20/h6-9,14H,2-5,10-11H2,1H3. The van der Waals surface area contributed by atoms with Gasteiger partial charge in [0.2, 0.25) is 11.8 Å². The number of carbonyl (C=O) groups is 2. The van der Waals surface area contributed by atoms with E-state index in [0.29, 0.717) is 0 Å². The zero-order valence-electron chi connectivity index (χ0n) is 11.8. The Balaban J connectivity index is 1.85. The number of aryl methyl sites for hydroxylation is 1. The highest BCUT2D eigenvalue weighted by molar-refractivity contribution is 6.06. The lowest BCUT2D eigenvalue weighted by Crippen LogP contribution is -2.61. The van der Waals surface area contributed by atoms with E-state index in [1.165, 1.54) is 5.56 Å². The van der Waals surface area contributed by atoms with Crippen LogP contribution in [0, 0.1) is 0 Å². The van der Waals surface area contributed by atoms with Crippen LogP contribution in [0.15, 0.2) is 24.3 Å². The Labute approximate surface area is 119 Å². The number of amides is 2. The van der Waals surface area contributed by atoms with Crippen LogP contribution < -0.4 is 4.90 Å². The van der Waals surface area contributed by atoms with Gasteiger partial charge in [-0.1, -0.05) is 19.1 Å². The molecule has 0 spiro atoms. The Bertz CT molecular complexity index is 524. The molecule has 1 unspecified atom stereocenters. The number of hydrogen-bond donors (Lipinski definition) is 0. The first kappa shape index (κ1) is 13.2. The van der Waals surface area contributed by atoms with Crippen LogP contribution in [0.3, 0.4) is 0 Å². The molecule has 2 heterocycles. The number of rotatable bonds is 2. The quantitative estimate of drug-likeness (QED) is 0.826. The van der Waals surface area contributed by atoms with Crippen LogP contribution in [0.1, 0.15) is 31.7 Å². The molecule has 3 rings (SSSR count). The van der Waals surface area contributed by atoms with Crippen LogP contribution in [0.5, 0.6) is 0 Å². The molecule has 1 aromatic carbocycles. The van der Waals surface area contributed by atoms with Crippen LogP contribution in [0.25, 0.3) is 0 Å². The van der Waals surface area contributed by atoms with E-state index in [1.807, 2.05) is 24.3 Å². The Morgan fingerprint density at radius 2 is 1.90 bits per heavy atom. The molecule has 2 saturated heterocycles. The molecule has 106 valence electrons. The Kier molecular flexibility index (Phi) is 3.47. The van der Waals surface area contributed by atoms with E-state index in [2.05, 4.69) is 6.92 Å². The van der Waals surface area contributed by atoms with Crippen molar-refractivity contribution in [3.05, 3.63) is 29.8 Å². The molecular weight excluding hydrogens is 252 g/mol. The van der Waals surface area contributed by atoms with Crippen molar-refractivity contribution in [2.75, 3.05) is 18.0 Å². The molecule has 0 aliphatic carbocycles. The summed E-state index contributed by atoms with van der Waals surface area (Å²) in [4.78, 5) is 28.2. The minimum Gasteiger partial charge on any atom is -0.329 e. The molecule has 2 amide bonds. The van der Waals surface area contributed by atoms with Crippen LogP contribution in [-0.4, -0.2) is 35.8 Å². The number of piperazine rings is 1. The van der Waals surface area contributed by atoms with Gasteiger partial charge < -0.3 is 9.80 Å². The average Bonchev–Trinajstić information content (AvgIpc) is 2.51. The molecule has 0 N–H and O–H groups in total. The monoisotopic (exact) mass is 272 g/mol. The molecule has 1 atom stereocenters. The number of anilines is 1. The molecule has 4 heteroatoms. The number of piperidine rings is 1. The maximum atomic E-state index is 12.6. The average molecular weight is 272 g/mol. The third-order valence-electron chi connectivity index (χ3n) is 4.32. The second-order valence-corrected chi connectivity index (χ2v) is 5.54. The fourth-order valence-corrected chi connectivity index (χ4v) is 3.10. The molecule has 0 aromatic heterocycles. The van der Waals surface area contributed by atoms with E-state index < -0.39 is 0 Å². The Hall–Kier alpha value is -1.84. The first-order valence-electron chi connectivity index (χ1n) is 7.40. The smallest absolute Gasteiger partial charge is 0.250 e. The van der Waals surface area contributed by atoms with Crippen molar-refractivity contribution in [3.63, 3.8) is 0 Å². The largest absolute Gasteiger partial charge is 0.329 e. The summed E-state index contributed by atoms with van der Waals surface area (Å²) in [6.07, 6.45) is 3.82. The van der Waals surface area contributed by atoms with E-state index in [9.17, 15) is 9.59 Å². The van der Waals surface area contributed by atoms with Gasteiger partial charge in [-0.3, -0.25) is 9.59 Å². The summed E-state index contributed by atoms with van der Waals surface area (Å²) < 4.78 is 0. The fourth-order valence-electron chi connectivity index (χ4n) is 3.10. The second kappa shape index (κ2) is 5.27. The third kappa shape index (κ3) is 2.19. The molecule has 0 saturated carbocycles. The topological polar surface area (TPSA) is 40.6 Å². The van der Waals surface area contributed by atoms with Gasteiger partial charge in [0.15, 0.2) is 0 Å². The van der Waals surface area contributed by atoms with Gasteiger partial charge in [0.25, 0.3) is 0 Å². The van der Waals surface area contributed by atoms with Crippen LogP contribution in [0.4, 0.5) is 5.69 Å². The van der Waals surface area contributed by atoms with Gasteiger partial charge in [-0.05, 0) is 43.4 Å². The second-order valence-electron chi connectivity index (χ2n) is 5.54. The number of nitrogens with zero attached hydrogens (tertiary/aromatic N) is 2. The summed E-state index contributed by atoms with van der Waals surface area (Å²) in [7, 11) is 0. The molecule has 2 fully saturated rings. The first-order chi connectivity index (χ1) is 9.70. The van der Waals surface area contributed by atoms with Gasteiger partial charge in [0, 0.05) is 12.2 Å².